The van der Waals surface area contributed by atoms with Crippen LogP contribution in [-0.2, 0) is 6.54 Å². The second-order valence-electron chi connectivity index (χ2n) is 4.33. The molecule has 0 atom stereocenters. The second-order valence-corrected chi connectivity index (χ2v) is 4.81. The molecule has 0 aliphatic carbocycles. The van der Waals surface area contributed by atoms with Crippen LogP contribution in [0.2, 0.25) is 0 Å². The molecule has 2 heteroatoms. The molecular weight excluding hydrogens is 238 g/mol. The molecule has 0 radical (unpaired) electrons. The third kappa shape index (κ3) is 2.12. The van der Waals surface area contributed by atoms with Crippen molar-refractivity contribution in [1.29, 1.82) is 0 Å². The van der Waals surface area contributed by atoms with Crippen molar-refractivity contribution >= 4 is 23.5 Å². The van der Waals surface area contributed by atoms with E-state index >= 15 is 0 Å². The molecule has 0 amide bonds. The van der Waals surface area contributed by atoms with Gasteiger partial charge in [0, 0.05) is 22.6 Å². The summed E-state index contributed by atoms with van der Waals surface area (Å²) in [6, 6.07) is 20.9. The highest BCUT2D eigenvalue weighted by Gasteiger charge is 2.09. The average molecular weight is 252 g/mol. The normalized spacial score (nSPS) is 10.7. The highest BCUT2D eigenvalue weighted by molar-refractivity contribution is 7.80. The zero-order valence-corrected chi connectivity index (χ0v) is 10.8. The van der Waals surface area contributed by atoms with Gasteiger partial charge in [0.2, 0.25) is 5.52 Å². The number of rotatable bonds is 2. The van der Waals surface area contributed by atoms with E-state index in [1.807, 2.05) is 18.2 Å². The summed E-state index contributed by atoms with van der Waals surface area (Å²) in [5.74, 6) is 0. The van der Waals surface area contributed by atoms with E-state index in [0.29, 0.717) is 0 Å². The standard InChI is InChI=1S/C16H13NS/c18-16-10-4-9-15-14(16)8-5-11-17(15)12-13-6-2-1-3-7-13/h1-11H,12H2/p+1. The Labute approximate surface area is 112 Å². The number of pyridine rings is 1. The molecular formula is C16H14NS+. The molecule has 0 aliphatic rings. The van der Waals surface area contributed by atoms with E-state index in [1.54, 1.807) is 0 Å². The minimum absolute atomic E-state index is 0.884. The predicted octanol–water partition coefficient (Wildman–Crippen LogP) is 3.46. The lowest BCUT2D eigenvalue weighted by atomic mass is 10.2. The van der Waals surface area contributed by atoms with Gasteiger partial charge in [0.1, 0.15) is 0 Å². The van der Waals surface area contributed by atoms with Gasteiger partial charge in [0.25, 0.3) is 0 Å². The third-order valence-corrected chi connectivity index (χ3v) is 3.48. The molecule has 0 bridgehead atoms. The molecule has 1 nitrogen and oxygen atoms in total. The molecule has 0 aliphatic heterocycles. The first-order valence-electron chi connectivity index (χ1n) is 5.99. The van der Waals surface area contributed by atoms with Crippen LogP contribution in [0.1, 0.15) is 5.56 Å². The van der Waals surface area contributed by atoms with Crippen LogP contribution in [0.5, 0.6) is 0 Å². The quantitative estimate of drug-likeness (QED) is 0.526. The van der Waals surface area contributed by atoms with Gasteiger partial charge >= 0.3 is 0 Å². The Kier molecular flexibility index (Phi) is 3.03. The summed E-state index contributed by atoms with van der Waals surface area (Å²) in [7, 11) is 0. The SMILES string of the molecule is Sc1cccc2c1ccc[n+]2Cc1ccccc1. The van der Waals surface area contributed by atoms with E-state index in [0.717, 1.165) is 11.4 Å². The van der Waals surface area contributed by atoms with E-state index < -0.39 is 0 Å². The fraction of sp³-hybridized carbons (Fsp3) is 0.0625. The molecule has 0 spiro atoms. The van der Waals surface area contributed by atoms with Gasteiger partial charge in [-0.1, -0.05) is 36.4 Å². The number of benzene rings is 2. The van der Waals surface area contributed by atoms with Crippen molar-refractivity contribution in [1.82, 2.24) is 0 Å². The zero-order valence-electron chi connectivity index (χ0n) is 9.95. The van der Waals surface area contributed by atoms with E-state index in [4.69, 9.17) is 0 Å². The van der Waals surface area contributed by atoms with Crippen molar-refractivity contribution in [2.45, 2.75) is 11.4 Å². The smallest absolute Gasteiger partial charge is 0.194 e. The van der Waals surface area contributed by atoms with Crippen LogP contribution in [0.3, 0.4) is 0 Å². The molecule has 2 aromatic carbocycles. The number of fused-ring (bicyclic) bond motifs is 1. The van der Waals surface area contributed by atoms with Crippen molar-refractivity contribution in [2.75, 3.05) is 0 Å². The molecule has 0 N–H and O–H groups in total. The lowest BCUT2D eigenvalue weighted by Crippen LogP contribution is -2.34. The van der Waals surface area contributed by atoms with E-state index in [2.05, 4.69) is 65.9 Å². The number of aromatic nitrogens is 1. The lowest BCUT2D eigenvalue weighted by Gasteiger charge is -2.03. The van der Waals surface area contributed by atoms with Crippen LogP contribution < -0.4 is 4.57 Å². The molecule has 3 rings (SSSR count). The number of hydrogen-bond donors (Lipinski definition) is 1. The zero-order chi connectivity index (χ0) is 12.4. The predicted molar refractivity (Wildman–Crippen MR) is 76.9 cm³/mol. The summed E-state index contributed by atoms with van der Waals surface area (Å²) >= 11 is 4.51. The van der Waals surface area contributed by atoms with Gasteiger partial charge in [0.15, 0.2) is 12.7 Å². The molecule has 88 valence electrons. The van der Waals surface area contributed by atoms with Crippen molar-refractivity contribution in [3.05, 3.63) is 72.4 Å². The molecule has 1 heterocycles. The Balaban J connectivity index is 2.10. The first kappa shape index (κ1) is 11.3. The first-order valence-corrected chi connectivity index (χ1v) is 6.43. The lowest BCUT2D eigenvalue weighted by molar-refractivity contribution is -0.662. The molecule has 0 unspecified atom stereocenters. The van der Waals surface area contributed by atoms with Gasteiger partial charge in [0.05, 0.1) is 5.39 Å². The van der Waals surface area contributed by atoms with Crippen molar-refractivity contribution in [2.24, 2.45) is 0 Å². The Bertz CT molecular complexity index is 677. The van der Waals surface area contributed by atoms with Crippen LogP contribution in [0, 0.1) is 0 Å². The second kappa shape index (κ2) is 4.83. The first-order chi connectivity index (χ1) is 8.84. The van der Waals surface area contributed by atoms with Crippen LogP contribution in [0.25, 0.3) is 10.9 Å². The average Bonchev–Trinajstić information content (AvgIpc) is 2.41. The van der Waals surface area contributed by atoms with Crippen LogP contribution in [0.15, 0.2) is 71.8 Å². The van der Waals surface area contributed by atoms with Crippen LogP contribution >= 0.6 is 12.6 Å². The highest BCUT2D eigenvalue weighted by Crippen LogP contribution is 2.18. The van der Waals surface area contributed by atoms with Crippen LogP contribution in [0.4, 0.5) is 0 Å². The number of nitrogens with zero attached hydrogens (tertiary/aromatic N) is 1. The summed E-state index contributed by atoms with van der Waals surface area (Å²) < 4.78 is 2.25. The number of thiol groups is 1. The molecule has 18 heavy (non-hydrogen) atoms. The maximum Gasteiger partial charge on any atom is 0.213 e. The number of hydrogen-bond acceptors (Lipinski definition) is 1. The van der Waals surface area contributed by atoms with E-state index in [9.17, 15) is 0 Å². The fourth-order valence-corrected chi connectivity index (χ4v) is 2.48. The van der Waals surface area contributed by atoms with E-state index in [-0.39, 0.29) is 0 Å². The summed E-state index contributed by atoms with van der Waals surface area (Å²) in [5, 5.41) is 1.19. The van der Waals surface area contributed by atoms with Gasteiger partial charge in [-0.3, -0.25) is 0 Å². The maximum absolute atomic E-state index is 4.51. The monoisotopic (exact) mass is 252 g/mol. The Morgan fingerprint density at radius 3 is 2.50 bits per heavy atom. The summed E-state index contributed by atoms with van der Waals surface area (Å²) in [6.45, 7) is 0.884. The summed E-state index contributed by atoms with van der Waals surface area (Å²) in [6.07, 6.45) is 2.11. The topological polar surface area (TPSA) is 3.88 Å². The van der Waals surface area contributed by atoms with Crippen molar-refractivity contribution < 1.29 is 4.57 Å². The van der Waals surface area contributed by atoms with E-state index in [1.165, 1.54) is 16.5 Å². The minimum atomic E-state index is 0.884. The van der Waals surface area contributed by atoms with Gasteiger partial charge in [-0.25, -0.2) is 0 Å². The maximum atomic E-state index is 4.51. The molecule has 0 fully saturated rings. The van der Waals surface area contributed by atoms with Gasteiger partial charge in [-0.2, -0.15) is 4.57 Å². The minimum Gasteiger partial charge on any atom is -0.194 e. The summed E-state index contributed by atoms with van der Waals surface area (Å²) in [5.41, 5.74) is 2.52. The molecule has 3 aromatic rings. The van der Waals surface area contributed by atoms with Crippen molar-refractivity contribution in [3.63, 3.8) is 0 Å². The van der Waals surface area contributed by atoms with Crippen LogP contribution in [-0.4, -0.2) is 0 Å². The third-order valence-electron chi connectivity index (χ3n) is 3.09. The Morgan fingerprint density at radius 1 is 0.833 bits per heavy atom. The summed E-state index contributed by atoms with van der Waals surface area (Å²) in [4.78, 5) is 1.02. The molecule has 1 aromatic heterocycles. The Hall–Kier alpha value is -1.80. The van der Waals surface area contributed by atoms with Gasteiger partial charge in [-0.15, -0.1) is 12.6 Å². The van der Waals surface area contributed by atoms with Gasteiger partial charge < -0.3 is 0 Å². The highest BCUT2D eigenvalue weighted by atomic mass is 32.1. The molecule has 0 saturated heterocycles. The Morgan fingerprint density at radius 2 is 1.67 bits per heavy atom. The fourth-order valence-electron chi connectivity index (χ4n) is 2.20. The van der Waals surface area contributed by atoms with Crippen molar-refractivity contribution in [3.8, 4) is 0 Å². The van der Waals surface area contributed by atoms with Gasteiger partial charge in [-0.05, 0) is 12.1 Å². The molecule has 0 saturated carbocycles. The largest absolute Gasteiger partial charge is 0.213 e.